The summed E-state index contributed by atoms with van der Waals surface area (Å²) in [7, 11) is 0. The van der Waals surface area contributed by atoms with E-state index in [9.17, 15) is 38.7 Å². The summed E-state index contributed by atoms with van der Waals surface area (Å²) >= 11 is 0. The number of nitrogens with one attached hydrogen (secondary N) is 2. The van der Waals surface area contributed by atoms with Gasteiger partial charge in [-0.25, -0.2) is 0 Å². The highest BCUT2D eigenvalue weighted by atomic mass is 16.5. The maximum absolute atomic E-state index is 13.0. The van der Waals surface area contributed by atoms with E-state index in [1.165, 1.54) is 69.8 Å². The minimum atomic E-state index is -0.370. The zero-order chi connectivity index (χ0) is 55.9. The van der Waals surface area contributed by atoms with Crippen LogP contribution in [0.5, 0.6) is 0 Å². The lowest BCUT2D eigenvalue weighted by atomic mass is 9.96. The maximum Gasteiger partial charge on any atom is 0.302 e. The van der Waals surface area contributed by atoms with Crippen molar-refractivity contribution in [1.29, 1.82) is 0 Å². The lowest BCUT2D eigenvalue weighted by Crippen LogP contribution is -2.26. The molecule has 3 aromatic carbocycles. The predicted molar refractivity (Wildman–Crippen MR) is 307 cm³/mol. The van der Waals surface area contributed by atoms with Gasteiger partial charge in [0.2, 0.25) is 11.8 Å². The molecule has 0 unspecified atom stereocenters. The average Bonchev–Trinajstić information content (AvgIpc) is 3.83. The van der Waals surface area contributed by atoms with E-state index in [1.807, 2.05) is 71.0 Å². The van der Waals surface area contributed by atoms with Crippen molar-refractivity contribution < 1.29 is 33.8 Å². The first kappa shape index (κ1) is 59.2. The summed E-state index contributed by atoms with van der Waals surface area (Å²) in [5.74, 6) is 0.235. The Morgan fingerprint density at radius 2 is 0.857 bits per heavy atom. The second kappa shape index (κ2) is 27.8. The number of amides is 2. The Bertz CT molecular complexity index is 3230. The zero-order valence-electron chi connectivity index (χ0n) is 46.4. The van der Waals surface area contributed by atoms with Crippen LogP contribution in [0.15, 0.2) is 87.6 Å². The van der Waals surface area contributed by atoms with E-state index < -0.39 is 0 Å². The van der Waals surface area contributed by atoms with Crippen molar-refractivity contribution in [3.05, 3.63) is 121 Å². The van der Waals surface area contributed by atoms with Crippen LogP contribution in [0.1, 0.15) is 159 Å². The smallest absolute Gasteiger partial charge is 0.302 e. The largest absolute Gasteiger partial charge is 0.464 e. The standard InChI is InChI=1S/C24H32N2O4.C22H30N2O3.C15H18N2O3/c1-16-10-11-21-20(12-13-26(24(21)29)17(2)15-30-18(3)27)23(16)25-22(28)14-19-8-6-4-5-7-9-19;1-15-9-10-19-18(11-12-24(22(19)27)16(2)14-25)21(15)23-20(26)13-17-7-5-3-4-6-8-17;1-9-4-5-13-12(14(9)16)6-7-17(15(13)19)10(2)8-20-11(3)18/h10-13,17,19H,4-9,14-15H2,1-3H3,(H,25,28);9-12,16-17,25H,3-8,13-14H2,1-2H3,(H,23,26);4-7,10H,8,16H2,1-3H3/t17-;16-;10-/m111/s1. The third-order valence-corrected chi connectivity index (χ3v) is 15.2. The fourth-order valence-electron chi connectivity index (χ4n) is 10.5. The van der Waals surface area contributed by atoms with E-state index in [0.29, 0.717) is 52.2 Å². The zero-order valence-corrected chi connectivity index (χ0v) is 46.4. The number of fused-ring (bicyclic) bond motifs is 3. The molecular weight excluding hydrogens is 977 g/mol. The number of aryl methyl sites for hydroxylation is 3. The third kappa shape index (κ3) is 15.5. The number of rotatable bonds is 14. The lowest BCUT2D eigenvalue weighted by molar-refractivity contribution is -0.142. The summed E-state index contributed by atoms with van der Waals surface area (Å²) in [6.07, 6.45) is 20.6. The molecule has 0 aliphatic heterocycles. The Labute approximate surface area is 451 Å². The number of ether oxygens (including phenoxy) is 2. The number of esters is 2. The van der Waals surface area contributed by atoms with Crippen molar-refractivity contribution in [1.82, 2.24) is 13.7 Å². The molecule has 2 saturated carbocycles. The quantitative estimate of drug-likeness (QED) is 0.0456. The molecule has 2 aliphatic carbocycles. The fraction of sp³-hybridized carbons (Fsp3) is 0.492. The normalized spacial score (nSPS) is 15.4. The van der Waals surface area contributed by atoms with Gasteiger partial charge >= 0.3 is 11.9 Å². The minimum absolute atomic E-state index is 0.0184. The van der Waals surface area contributed by atoms with Crippen molar-refractivity contribution in [2.75, 3.05) is 36.2 Å². The van der Waals surface area contributed by atoms with Crippen LogP contribution in [-0.2, 0) is 28.7 Å². The number of carbonyl (C=O) groups excluding carboxylic acids is 4. The van der Waals surface area contributed by atoms with E-state index >= 15 is 0 Å². The van der Waals surface area contributed by atoms with E-state index in [4.69, 9.17) is 15.2 Å². The van der Waals surface area contributed by atoms with Gasteiger partial charge in [-0.3, -0.25) is 33.6 Å². The molecule has 16 nitrogen and oxygen atoms in total. The van der Waals surface area contributed by atoms with Crippen LogP contribution in [0.2, 0.25) is 0 Å². The van der Waals surface area contributed by atoms with Crippen LogP contribution in [-0.4, -0.2) is 62.4 Å². The molecule has 0 saturated heterocycles. The van der Waals surface area contributed by atoms with Gasteiger partial charge in [0.15, 0.2) is 0 Å². The average molecular weight is 1060 g/mol. The highest BCUT2D eigenvalue weighted by Gasteiger charge is 2.21. The van der Waals surface area contributed by atoms with Crippen molar-refractivity contribution in [3.8, 4) is 0 Å². The van der Waals surface area contributed by atoms with Crippen LogP contribution < -0.4 is 33.0 Å². The first-order valence-electron chi connectivity index (χ1n) is 27.5. The van der Waals surface area contributed by atoms with Crippen LogP contribution >= 0.6 is 0 Å². The summed E-state index contributed by atoms with van der Waals surface area (Å²) in [6, 6.07) is 15.7. The van der Waals surface area contributed by atoms with Gasteiger partial charge in [0.25, 0.3) is 16.7 Å². The number of carbonyl (C=O) groups is 4. The van der Waals surface area contributed by atoms with Gasteiger partial charge in [-0.05, 0) is 132 Å². The first-order chi connectivity index (χ1) is 36.8. The van der Waals surface area contributed by atoms with Crippen LogP contribution in [0, 0.1) is 32.6 Å². The SMILES string of the molecule is CC(=O)OC[C@@H](C)n1ccc2c(N)c(C)ccc2c1=O.CC(=O)OC[C@@H](C)n1ccc2c(NC(=O)CC3CCCCCC3)c(C)ccc2c1=O.Cc1ccc2c(=O)n([C@H](C)CO)ccc2c1NC(=O)CC1CCCCCC1. The van der Waals surface area contributed by atoms with E-state index in [0.717, 1.165) is 64.2 Å². The molecule has 8 rings (SSSR count). The van der Waals surface area contributed by atoms with Crippen molar-refractivity contribution in [2.24, 2.45) is 11.8 Å². The monoisotopic (exact) mass is 1060 g/mol. The molecule has 77 heavy (non-hydrogen) atoms. The van der Waals surface area contributed by atoms with Gasteiger partial charge in [0.1, 0.15) is 13.2 Å². The summed E-state index contributed by atoms with van der Waals surface area (Å²) in [6.45, 7) is 14.2. The van der Waals surface area contributed by atoms with Gasteiger partial charge in [-0.15, -0.1) is 0 Å². The number of nitrogen functional groups attached to an aromatic ring is 1. The summed E-state index contributed by atoms with van der Waals surface area (Å²) in [5, 5.41) is 19.5. The maximum atomic E-state index is 13.0. The molecule has 414 valence electrons. The van der Waals surface area contributed by atoms with Crippen molar-refractivity contribution in [2.45, 2.75) is 163 Å². The molecule has 0 radical (unpaired) electrons. The number of pyridine rings is 3. The second-order valence-electron chi connectivity index (χ2n) is 21.3. The predicted octanol–water partition coefficient (Wildman–Crippen LogP) is 10.9. The molecule has 2 aliphatic rings. The highest BCUT2D eigenvalue weighted by Crippen LogP contribution is 2.31. The molecule has 2 fully saturated rings. The molecule has 5 N–H and O–H groups in total. The topological polar surface area (TPSA) is 223 Å². The number of nitrogens with two attached hydrogens (primary N) is 1. The fourth-order valence-corrected chi connectivity index (χ4v) is 10.5. The number of hydrogen-bond acceptors (Lipinski definition) is 11. The molecule has 2 amide bonds. The van der Waals surface area contributed by atoms with Crippen LogP contribution in [0.25, 0.3) is 32.3 Å². The Balaban J connectivity index is 0.000000191. The summed E-state index contributed by atoms with van der Waals surface area (Å²) in [5.41, 5.74) is 10.4. The molecule has 3 aromatic heterocycles. The second-order valence-corrected chi connectivity index (χ2v) is 21.3. The Morgan fingerprint density at radius 1 is 0.519 bits per heavy atom. The highest BCUT2D eigenvalue weighted by molar-refractivity contribution is 6.04. The number of hydrogen-bond donors (Lipinski definition) is 4. The molecule has 3 heterocycles. The molecule has 3 atom stereocenters. The molecule has 6 aromatic rings. The number of anilines is 3. The van der Waals surface area contributed by atoms with Gasteiger partial charge in [0, 0.05) is 83.3 Å². The van der Waals surface area contributed by atoms with Crippen LogP contribution in [0.3, 0.4) is 0 Å². The van der Waals surface area contributed by atoms with E-state index in [1.54, 1.807) is 52.8 Å². The third-order valence-electron chi connectivity index (χ3n) is 15.2. The van der Waals surface area contributed by atoms with Gasteiger partial charge < -0.3 is 44.6 Å². The number of benzene rings is 3. The minimum Gasteiger partial charge on any atom is -0.464 e. The van der Waals surface area contributed by atoms with Gasteiger partial charge in [0.05, 0.1) is 36.1 Å². The Kier molecular flexibility index (Phi) is 21.4. The summed E-state index contributed by atoms with van der Waals surface area (Å²) < 4.78 is 14.6. The first-order valence-corrected chi connectivity index (χ1v) is 27.5. The van der Waals surface area contributed by atoms with Gasteiger partial charge in [-0.2, -0.15) is 0 Å². The van der Waals surface area contributed by atoms with Crippen molar-refractivity contribution >= 4 is 73.1 Å². The number of nitrogens with zero attached hydrogens (tertiary/aromatic N) is 3. The molecule has 16 heteroatoms. The lowest BCUT2D eigenvalue weighted by Gasteiger charge is -2.18. The van der Waals surface area contributed by atoms with Gasteiger partial charge in [-0.1, -0.05) is 69.6 Å². The van der Waals surface area contributed by atoms with Crippen LogP contribution in [0.4, 0.5) is 17.1 Å². The number of aliphatic hydroxyl groups excluding tert-OH is 1. The number of aromatic nitrogens is 3. The molecule has 0 spiro atoms. The molecular formula is C61H80N6O10. The van der Waals surface area contributed by atoms with E-state index in [-0.39, 0.29) is 78.4 Å². The van der Waals surface area contributed by atoms with Crippen molar-refractivity contribution in [3.63, 3.8) is 0 Å². The summed E-state index contributed by atoms with van der Waals surface area (Å²) in [4.78, 5) is 85.6. The Morgan fingerprint density at radius 3 is 1.22 bits per heavy atom. The molecule has 0 bridgehead atoms. The number of aliphatic hydroxyl groups is 1. The Hall–Kier alpha value is -7.07. The van der Waals surface area contributed by atoms with E-state index in [2.05, 4.69) is 10.6 Å².